The van der Waals surface area contributed by atoms with E-state index in [1.165, 1.54) is 12.1 Å². The van der Waals surface area contributed by atoms with Crippen LogP contribution >= 0.6 is 0 Å². The fourth-order valence-electron chi connectivity index (χ4n) is 1.14. The third-order valence-corrected chi connectivity index (χ3v) is 2.12. The van der Waals surface area contributed by atoms with Crippen LogP contribution < -0.4 is 0 Å². The van der Waals surface area contributed by atoms with Gasteiger partial charge in [-0.25, -0.2) is 0 Å². The van der Waals surface area contributed by atoms with Gasteiger partial charge in [-0.3, -0.25) is 10.1 Å². The summed E-state index contributed by atoms with van der Waals surface area (Å²) >= 11 is 0. The van der Waals surface area contributed by atoms with Crippen LogP contribution in [0.25, 0.3) is 6.08 Å². The van der Waals surface area contributed by atoms with Gasteiger partial charge in [0.05, 0.1) is 17.8 Å². The number of nitro benzene ring substituents is 1. The summed E-state index contributed by atoms with van der Waals surface area (Å²) in [6.45, 7) is 1.47. The summed E-state index contributed by atoms with van der Waals surface area (Å²) in [5, 5.41) is 10.4. The molecule has 5 heteroatoms. The minimum absolute atomic E-state index is 0.0932. The second-order valence-electron chi connectivity index (χ2n) is 3.83. The number of benzene rings is 1. The van der Waals surface area contributed by atoms with Crippen molar-refractivity contribution in [1.29, 1.82) is 0 Å². The number of hydrogen-bond donors (Lipinski definition) is 0. The summed E-state index contributed by atoms with van der Waals surface area (Å²) in [5.74, 6) is 0. The molecule has 0 aliphatic carbocycles. The minimum atomic E-state index is -0.416. The van der Waals surface area contributed by atoms with Crippen LogP contribution in [-0.2, 0) is 4.74 Å². The van der Waals surface area contributed by atoms with E-state index < -0.39 is 4.92 Å². The lowest BCUT2D eigenvalue weighted by molar-refractivity contribution is -0.384. The Kier molecular flexibility index (Phi) is 5.16. The number of non-ortho nitro benzene ring substituents is 1. The average Bonchev–Trinajstić information content (AvgIpc) is 2.29. The van der Waals surface area contributed by atoms with Crippen molar-refractivity contribution in [1.82, 2.24) is 4.90 Å². The quantitative estimate of drug-likeness (QED) is 0.328. The molecule has 0 fully saturated rings. The van der Waals surface area contributed by atoms with E-state index in [-0.39, 0.29) is 5.69 Å². The summed E-state index contributed by atoms with van der Waals surface area (Å²) in [5.41, 5.74) is 0.969. The minimum Gasteiger partial charge on any atom is -0.500 e. The number of hydrogen-bond acceptors (Lipinski definition) is 4. The van der Waals surface area contributed by atoms with Crippen molar-refractivity contribution in [2.45, 2.75) is 0 Å². The second kappa shape index (κ2) is 6.65. The Morgan fingerprint density at radius 1 is 1.35 bits per heavy atom. The molecule has 0 unspecified atom stereocenters. The molecule has 0 heterocycles. The lowest BCUT2D eigenvalue weighted by Gasteiger charge is -2.07. The average molecular weight is 236 g/mol. The molecule has 0 saturated heterocycles. The van der Waals surface area contributed by atoms with Crippen LogP contribution in [0.1, 0.15) is 5.56 Å². The van der Waals surface area contributed by atoms with Crippen LogP contribution in [-0.4, -0.2) is 37.1 Å². The molecule has 0 amide bonds. The Bertz CT molecular complexity index is 385. The molecule has 1 rings (SSSR count). The van der Waals surface area contributed by atoms with E-state index >= 15 is 0 Å². The van der Waals surface area contributed by atoms with Gasteiger partial charge >= 0.3 is 0 Å². The van der Waals surface area contributed by atoms with Crippen molar-refractivity contribution in [2.24, 2.45) is 0 Å². The van der Waals surface area contributed by atoms with E-state index in [4.69, 9.17) is 4.74 Å². The van der Waals surface area contributed by atoms with Gasteiger partial charge in [-0.15, -0.1) is 0 Å². The van der Waals surface area contributed by atoms with E-state index in [1.807, 2.05) is 19.0 Å². The molecule has 0 radical (unpaired) electrons. The first kappa shape index (κ1) is 13.2. The van der Waals surface area contributed by atoms with E-state index in [2.05, 4.69) is 0 Å². The molecule has 0 spiro atoms. The van der Waals surface area contributed by atoms with Crippen LogP contribution in [0.3, 0.4) is 0 Å². The van der Waals surface area contributed by atoms with Crippen LogP contribution in [0.15, 0.2) is 30.5 Å². The Labute approximate surface area is 100 Å². The summed E-state index contributed by atoms with van der Waals surface area (Å²) in [4.78, 5) is 12.0. The Morgan fingerprint density at radius 2 is 2.00 bits per heavy atom. The molecule has 1 aromatic carbocycles. The third-order valence-electron chi connectivity index (χ3n) is 2.12. The zero-order valence-electron chi connectivity index (χ0n) is 10.00. The molecule has 0 aliphatic heterocycles. The first-order valence-corrected chi connectivity index (χ1v) is 5.27. The Hall–Kier alpha value is -1.88. The molecule has 0 N–H and O–H groups in total. The molecule has 0 atom stereocenters. The summed E-state index contributed by atoms with van der Waals surface area (Å²) in [7, 11) is 3.95. The smallest absolute Gasteiger partial charge is 0.269 e. The topological polar surface area (TPSA) is 55.6 Å². The van der Waals surface area contributed by atoms with E-state index in [0.29, 0.717) is 6.61 Å². The highest BCUT2D eigenvalue weighted by Gasteiger charge is 2.01. The van der Waals surface area contributed by atoms with Gasteiger partial charge in [0.15, 0.2) is 0 Å². The largest absolute Gasteiger partial charge is 0.500 e. The summed E-state index contributed by atoms with van der Waals surface area (Å²) < 4.78 is 5.27. The number of rotatable bonds is 6. The van der Waals surface area contributed by atoms with Gasteiger partial charge in [0, 0.05) is 18.7 Å². The first-order valence-electron chi connectivity index (χ1n) is 5.27. The normalized spacial score (nSPS) is 11.0. The van der Waals surface area contributed by atoms with Crippen LogP contribution in [0.5, 0.6) is 0 Å². The fraction of sp³-hybridized carbons (Fsp3) is 0.333. The van der Waals surface area contributed by atoms with Crippen LogP contribution in [0.4, 0.5) is 5.69 Å². The highest BCUT2D eigenvalue weighted by molar-refractivity contribution is 5.50. The van der Waals surface area contributed by atoms with Crippen molar-refractivity contribution < 1.29 is 9.66 Å². The van der Waals surface area contributed by atoms with Crippen molar-refractivity contribution in [2.75, 3.05) is 27.2 Å². The van der Waals surface area contributed by atoms with Gasteiger partial charge in [0.25, 0.3) is 5.69 Å². The standard InChI is InChI=1S/C12H16N2O3/c1-13(2)8-10-17-9-7-11-3-5-12(6-4-11)14(15)16/h3-7,9H,8,10H2,1-2H3/b9-7+. The van der Waals surface area contributed by atoms with Gasteiger partial charge in [-0.05, 0) is 37.9 Å². The molecular weight excluding hydrogens is 220 g/mol. The van der Waals surface area contributed by atoms with Gasteiger partial charge in [-0.2, -0.15) is 0 Å². The maximum Gasteiger partial charge on any atom is 0.269 e. The lowest BCUT2D eigenvalue weighted by atomic mass is 10.2. The molecule has 0 saturated carbocycles. The molecule has 0 aromatic heterocycles. The van der Waals surface area contributed by atoms with E-state index in [9.17, 15) is 10.1 Å². The summed E-state index contributed by atoms with van der Waals surface area (Å²) in [6, 6.07) is 6.31. The number of ether oxygens (including phenoxy) is 1. The van der Waals surface area contributed by atoms with Gasteiger partial charge in [-0.1, -0.05) is 0 Å². The maximum absolute atomic E-state index is 10.4. The lowest BCUT2D eigenvalue weighted by Crippen LogP contribution is -2.16. The second-order valence-corrected chi connectivity index (χ2v) is 3.83. The molecule has 1 aromatic rings. The number of likely N-dealkylation sites (N-methyl/N-ethyl adjacent to an activating group) is 1. The summed E-state index contributed by atoms with van der Waals surface area (Å²) in [6.07, 6.45) is 3.38. The monoisotopic (exact) mass is 236 g/mol. The predicted octanol–water partition coefficient (Wildman–Crippen LogP) is 2.14. The molecule has 0 aliphatic rings. The fourth-order valence-corrected chi connectivity index (χ4v) is 1.14. The molecule has 17 heavy (non-hydrogen) atoms. The van der Waals surface area contributed by atoms with Crippen molar-refractivity contribution in [3.05, 3.63) is 46.2 Å². The highest BCUT2D eigenvalue weighted by atomic mass is 16.6. The Balaban J connectivity index is 2.41. The van der Waals surface area contributed by atoms with Crippen molar-refractivity contribution >= 4 is 11.8 Å². The number of nitro groups is 1. The third kappa shape index (κ3) is 5.12. The van der Waals surface area contributed by atoms with Gasteiger partial charge in [0.1, 0.15) is 0 Å². The van der Waals surface area contributed by atoms with Gasteiger partial charge < -0.3 is 9.64 Å². The zero-order valence-corrected chi connectivity index (χ0v) is 10.00. The van der Waals surface area contributed by atoms with Gasteiger partial charge in [0.2, 0.25) is 0 Å². The van der Waals surface area contributed by atoms with Crippen LogP contribution in [0, 0.1) is 10.1 Å². The predicted molar refractivity (Wildman–Crippen MR) is 66.6 cm³/mol. The molecule has 0 bridgehead atoms. The van der Waals surface area contributed by atoms with E-state index in [1.54, 1.807) is 24.5 Å². The maximum atomic E-state index is 10.4. The van der Waals surface area contributed by atoms with E-state index in [0.717, 1.165) is 12.1 Å². The number of nitrogens with zero attached hydrogens (tertiary/aromatic N) is 2. The SMILES string of the molecule is CN(C)CCO/C=C/c1ccc([N+](=O)[O-])cc1. The molecule has 5 nitrogen and oxygen atoms in total. The highest BCUT2D eigenvalue weighted by Crippen LogP contribution is 2.12. The zero-order chi connectivity index (χ0) is 12.7. The Morgan fingerprint density at radius 3 is 2.53 bits per heavy atom. The van der Waals surface area contributed by atoms with Crippen molar-refractivity contribution in [3.63, 3.8) is 0 Å². The molecule has 92 valence electrons. The first-order chi connectivity index (χ1) is 8.09. The molecular formula is C12H16N2O3. The van der Waals surface area contributed by atoms with Crippen LogP contribution in [0.2, 0.25) is 0 Å². The van der Waals surface area contributed by atoms with Crippen molar-refractivity contribution in [3.8, 4) is 0 Å².